The summed E-state index contributed by atoms with van der Waals surface area (Å²) in [6.07, 6.45) is 0. The number of urea groups is 1. The fraction of sp³-hybridized carbons (Fsp3) is 0. The van der Waals surface area contributed by atoms with Gasteiger partial charge in [-0.2, -0.15) is 0 Å². The SMILES string of the molecule is O=C(NC(=O)c1ccccc1)Nn1c(=O)c(=O)[nH]c2ccccc21. The second-order valence-corrected chi connectivity index (χ2v) is 4.87. The number of benzene rings is 2. The Labute approximate surface area is 134 Å². The number of nitrogens with zero attached hydrogens (tertiary/aromatic N) is 1. The first-order valence-electron chi connectivity index (χ1n) is 6.98. The van der Waals surface area contributed by atoms with E-state index in [1.165, 1.54) is 12.1 Å². The minimum absolute atomic E-state index is 0.288. The summed E-state index contributed by atoms with van der Waals surface area (Å²) in [7, 11) is 0. The molecule has 0 aliphatic carbocycles. The molecular formula is C16H12N4O4. The predicted molar refractivity (Wildman–Crippen MR) is 87.5 cm³/mol. The number of amides is 3. The molecule has 3 amide bonds. The highest BCUT2D eigenvalue weighted by Gasteiger charge is 2.13. The van der Waals surface area contributed by atoms with Crippen molar-refractivity contribution in [3.63, 3.8) is 0 Å². The molecule has 0 saturated heterocycles. The monoisotopic (exact) mass is 324 g/mol. The molecule has 0 aliphatic heterocycles. The van der Waals surface area contributed by atoms with Gasteiger partial charge in [-0.3, -0.25) is 19.7 Å². The Morgan fingerprint density at radius 3 is 2.33 bits per heavy atom. The molecule has 3 rings (SSSR count). The van der Waals surface area contributed by atoms with Crippen molar-refractivity contribution in [3.8, 4) is 0 Å². The number of carbonyl (C=O) groups is 2. The van der Waals surface area contributed by atoms with Crippen LogP contribution in [0.25, 0.3) is 11.0 Å². The van der Waals surface area contributed by atoms with Gasteiger partial charge in [-0.1, -0.05) is 30.3 Å². The van der Waals surface area contributed by atoms with Crippen molar-refractivity contribution in [2.75, 3.05) is 5.43 Å². The molecule has 0 saturated carbocycles. The predicted octanol–water partition coefficient (Wildman–Crippen LogP) is 0.783. The van der Waals surface area contributed by atoms with Crippen LogP contribution >= 0.6 is 0 Å². The van der Waals surface area contributed by atoms with Gasteiger partial charge in [0.25, 0.3) is 5.91 Å². The molecule has 2 aromatic carbocycles. The summed E-state index contributed by atoms with van der Waals surface area (Å²) in [5.41, 5.74) is 1.32. The molecular weight excluding hydrogens is 312 g/mol. The maximum atomic E-state index is 12.0. The van der Waals surface area contributed by atoms with Gasteiger partial charge in [-0.25, -0.2) is 14.9 Å². The second kappa shape index (κ2) is 6.21. The third-order valence-corrected chi connectivity index (χ3v) is 3.27. The number of rotatable bonds is 2. The number of nitrogens with one attached hydrogen (secondary N) is 3. The normalized spacial score (nSPS) is 10.3. The summed E-state index contributed by atoms with van der Waals surface area (Å²) < 4.78 is 0.793. The first-order valence-corrected chi connectivity index (χ1v) is 6.98. The molecule has 1 aromatic heterocycles. The van der Waals surface area contributed by atoms with Crippen molar-refractivity contribution in [2.24, 2.45) is 0 Å². The Hall–Kier alpha value is -3.68. The second-order valence-electron chi connectivity index (χ2n) is 4.87. The van der Waals surface area contributed by atoms with E-state index < -0.39 is 23.1 Å². The lowest BCUT2D eigenvalue weighted by atomic mass is 10.2. The Kier molecular flexibility index (Phi) is 3.94. The van der Waals surface area contributed by atoms with Crippen LogP contribution in [-0.2, 0) is 0 Å². The Morgan fingerprint density at radius 2 is 1.58 bits per heavy atom. The van der Waals surface area contributed by atoms with E-state index in [0.717, 1.165) is 4.68 Å². The maximum absolute atomic E-state index is 12.0. The van der Waals surface area contributed by atoms with Gasteiger partial charge in [-0.15, -0.1) is 0 Å². The highest BCUT2D eigenvalue weighted by molar-refractivity contribution is 6.06. The van der Waals surface area contributed by atoms with Crippen molar-refractivity contribution in [1.29, 1.82) is 0 Å². The number of hydrogen-bond donors (Lipinski definition) is 3. The van der Waals surface area contributed by atoms with Crippen molar-refractivity contribution in [2.45, 2.75) is 0 Å². The molecule has 0 unspecified atom stereocenters. The summed E-state index contributed by atoms with van der Waals surface area (Å²) in [4.78, 5) is 49.9. The molecule has 8 heteroatoms. The maximum Gasteiger partial charge on any atom is 0.340 e. The third-order valence-electron chi connectivity index (χ3n) is 3.27. The Balaban J connectivity index is 1.89. The molecule has 0 atom stereocenters. The van der Waals surface area contributed by atoms with Gasteiger partial charge in [0.15, 0.2) is 0 Å². The van der Waals surface area contributed by atoms with Crippen molar-refractivity contribution in [1.82, 2.24) is 15.0 Å². The summed E-state index contributed by atoms with van der Waals surface area (Å²) in [5.74, 6) is -0.629. The van der Waals surface area contributed by atoms with Crippen LogP contribution in [0.1, 0.15) is 10.4 Å². The molecule has 0 radical (unpaired) electrons. The van der Waals surface area contributed by atoms with Crippen LogP contribution in [0.3, 0.4) is 0 Å². The molecule has 24 heavy (non-hydrogen) atoms. The van der Waals surface area contributed by atoms with Gasteiger partial charge in [0.2, 0.25) is 0 Å². The number of hydrogen-bond acceptors (Lipinski definition) is 4. The van der Waals surface area contributed by atoms with Crippen LogP contribution in [-0.4, -0.2) is 21.6 Å². The fourth-order valence-corrected chi connectivity index (χ4v) is 2.17. The van der Waals surface area contributed by atoms with E-state index in [1.54, 1.807) is 42.5 Å². The first kappa shape index (κ1) is 15.2. The van der Waals surface area contributed by atoms with E-state index in [4.69, 9.17) is 0 Å². The van der Waals surface area contributed by atoms with E-state index in [1.807, 2.05) is 0 Å². The minimum atomic E-state index is -0.962. The molecule has 0 bridgehead atoms. The summed E-state index contributed by atoms with van der Waals surface area (Å²) in [6, 6.07) is 13.6. The summed E-state index contributed by atoms with van der Waals surface area (Å²) in [6.45, 7) is 0. The first-order chi connectivity index (χ1) is 11.6. The number of imide groups is 1. The van der Waals surface area contributed by atoms with Crippen LogP contribution in [0.5, 0.6) is 0 Å². The Morgan fingerprint density at radius 1 is 0.917 bits per heavy atom. The number of H-pyrrole nitrogens is 1. The van der Waals surface area contributed by atoms with E-state index in [9.17, 15) is 19.2 Å². The van der Waals surface area contributed by atoms with Gasteiger partial charge in [0.05, 0.1) is 11.0 Å². The number of para-hydroxylation sites is 2. The molecule has 3 aromatic rings. The van der Waals surface area contributed by atoms with Gasteiger partial charge >= 0.3 is 17.1 Å². The summed E-state index contributed by atoms with van der Waals surface area (Å²) >= 11 is 0. The average Bonchev–Trinajstić information content (AvgIpc) is 2.59. The molecule has 120 valence electrons. The fourth-order valence-electron chi connectivity index (χ4n) is 2.17. The molecule has 3 N–H and O–H groups in total. The number of fused-ring (bicyclic) bond motifs is 1. The molecule has 1 heterocycles. The number of aromatic amines is 1. The van der Waals surface area contributed by atoms with Crippen LogP contribution in [0.15, 0.2) is 64.2 Å². The Bertz CT molecular complexity index is 1040. The van der Waals surface area contributed by atoms with E-state index in [2.05, 4.69) is 15.7 Å². The lowest BCUT2D eigenvalue weighted by Crippen LogP contribution is -2.46. The zero-order valence-corrected chi connectivity index (χ0v) is 12.3. The smallest absolute Gasteiger partial charge is 0.316 e. The lowest BCUT2D eigenvalue weighted by molar-refractivity contribution is 0.0966. The quantitative estimate of drug-likeness (QED) is 0.605. The standard InChI is InChI=1S/C16H12N4O4/c21-13(10-6-2-1-3-7-10)18-16(24)19-20-12-9-5-4-8-11(12)17-14(22)15(20)23/h1-9H,(H,17,22)(H2,18,19,21,24). The average molecular weight is 324 g/mol. The van der Waals surface area contributed by atoms with E-state index >= 15 is 0 Å². The van der Waals surface area contributed by atoms with E-state index in [0.29, 0.717) is 11.0 Å². The van der Waals surface area contributed by atoms with E-state index in [-0.39, 0.29) is 5.56 Å². The number of carbonyl (C=O) groups excluding carboxylic acids is 2. The van der Waals surface area contributed by atoms with Crippen LogP contribution in [0.4, 0.5) is 4.79 Å². The summed E-state index contributed by atoms with van der Waals surface area (Å²) in [5, 5.41) is 2.10. The van der Waals surface area contributed by atoms with Crippen molar-refractivity contribution in [3.05, 3.63) is 80.9 Å². The molecule has 0 aliphatic rings. The van der Waals surface area contributed by atoms with Gasteiger partial charge in [-0.05, 0) is 24.3 Å². The highest BCUT2D eigenvalue weighted by Crippen LogP contribution is 2.05. The highest BCUT2D eigenvalue weighted by atomic mass is 16.2. The van der Waals surface area contributed by atoms with Gasteiger partial charge in [0.1, 0.15) is 0 Å². The topological polar surface area (TPSA) is 113 Å². The largest absolute Gasteiger partial charge is 0.340 e. The van der Waals surface area contributed by atoms with Crippen molar-refractivity contribution >= 4 is 23.0 Å². The zero-order chi connectivity index (χ0) is 17.1. The van der Waals surface area contributed by atoms with Crippen LogP contribution in [0.2, 0.25) is 0 Å². The van der Waals surface area contributed by atoms with Gasteiger partial charge in [0, 0.05) is 5.56 Å². The molecule has 0 spiro atoms. The van der Waals surface area contributed by atoms with Crippen molar-refractivity contribution < 1.29 is 9.59 Å². The number of aromatic nitrogens is 2. The van der Waals surface area contributed by atoms with Crippen LogP contribution < -0.4 is 21.9 Å². The van der Waals surface area contributed by atoms with Gasteiger partial charge < -0.3 is 4.98 Å². The lowest BCUT2D eigenvalue weighted by Gasteiger charge is -2.11. The molecule has 8 nitrogen and oxygen atoms in total. The zero-order valence-electron chi connectivity index (χ0n) is 12.3. The molecule has 0 fully saturated rings. The third kappa shape index (κ3) is 2.93. The minimum Gasteiger partial charge on any atom is -0.316 e. The van der Waals surface area contributed by atoms with Crippen LogP contribution in [0, 0.1) is 0 Å².